The van der Waals surface area contributed by atoms with E-state index in [1.807, 2.05) is 0 Å². The Hall–Kier alpha value is -0.0800. The summed E-state index contributed by atoms with van der Waals surface area (Å²) in [5, 5.41) is 3.48. The Morgan fingerprint density at radius 2 is 2.07 bits per heavy atom. The summed E-state index contributed by atoms with van der Waals surface area (Å²) >= 11 is 0. The Balaban J connectivity index is 2.15. The molecule has 0 saturated carbocycles. The van der Waals surface area contributed by atoms with Crippen molar-refractivity contribution in [1.82, 2.24) is 10.2 Å². The van der Waals surface area contributed by atoms with Gasteiger partial charge in [-0.25, -0.2) is 0 Å². The van der Waals surface area contributed by atoms with E-state index in [1.165, 1.54) is 32.4 Å². The summed E-state index contributed by atoms with van der Waals surface area (Å²) in [6, 6.07) is 0.784. The molecule has 0 radical (unpaired) electrons. The lowest BCUT2D eigenvalue weighted by molar-refractivity contribution is 0.115. The third kappa shape index (κ3) is 3.58. The van der Waals surface area contributed by atoms with Gasteiger partial charge in [0.05, 0.1) is 0 Å². The standard InChI is InChI=1S/C12H26N2/c1-4-7-13-8-10-14-9-5-6-11(2)12(14)3/h11-13H,4-10H2,1-3H3. The zero-order valence-corrected chi connectivity index (χ0v) is 10.1. The normalized spacial score (nSPS) is 29.4. The highest BCUT2D eigenvalue weighted by atomic mass is 15.2. The van der Waals surface area contributed by atoms with Crippen molar-refractivity contribution in [2.75, 3.05) is 26.2 Å². The van der Waals surface area contributed by atoms with Gasteiger partial charge in [0.15, 0.2) is 0 Å². The molecule has 84 valence electrons. The number of nitrogens with zero attached hydrogens (tertiary/aromatic N) is 1. The third-order valence-corrected chi connectivity index (χ3v) is 3.51. The molecule has 0 amide bonds. The molecule has 1 saturated heterocycles. The van der Waals surface area contributed by atoms with Crippen LogP contribution in [-0.4, -0.2) is 37.1 Å². The van der Waals surface area contributed by atoms with Crippen LogP contribution >= 0.6 is 0 Å². The van der Waals surface area contributed by atoms with E-state index < -0.39 is 0 Å². The summed E-state index contributed by atoms with van der Waals surface area (Å²) in [4.78, 5) is 2.64. The van der Waals surface area contributed by atoms with Gasteiger partial charge in [0.25, 0.3) is 0 Å². The average Bonchev–Trinajstić information content (AvgIpc) is 2.19. The molecule has 0 spiro atoms. The van der Waals surface area contributed by atoms with E-state index in [0.29, 0.717) is 0 Å². The quantitative estimate of drug-likeness (QED) is 0.681. The molecule has 1 fully saturated rings. The van der Waals surface area contributed by atoms with Gasteiger partial charge >= 0.3 is 0 Å². The van der Waals surface area contributed by atoms with Crippen molar-refractivity contribution in [2.45, 2.75) is 46.1 Å². The molecule has 2 atom stereocenters. The van der Waals surface area contributed by atoms with Gasteiger partial charge in [-0.1, -0.05) is 13.8 Å². The van der Waals surface area contributed by atoms with E-state index in [0.717, 1.165) is 25.0 Å². The molecule has 1 heterocycles. The maximum atomic E-state index is 3.48. The van der Waals surface area contributed by atoms with Crippen LogP contribution in [0.4, 0.5) is 0 Å². The van der Waals surface area contributed by atoms with Gasteiger partial charge in [-0.05, 0) is 45.2 Å². The van der Waals surface area contributed by atoms with Gasteiger partial charge in [-0.2, -0.15) is 0 Å². The van der Waals surface area contributed by atoms with E-state index in [4.69, 9.17) is 0 Å². The van der Waals surface area contributed by atoms with Crippen molar-refractivity contribution in [3.05, 3.63) is 0 Å². The van der Waals surface area contributed by atoms with Crippen molar-refractivity contribution in [1.29, 1.82) is 0 Å². The minimum atomic E-state index is 0.784. The highest BCUT2D eigenvalue weighted by Crippen LogP contribution is 2.21. The molecule has 2 heteroatoms. The largest absolute Gasteiger partial charge is 0.315 e. The number of nitrogens with one attached hydrogen (secondary N) is 1. The molecule has 1 aliphatic rings. The molecule has 14 heavy (non-hydrogen) atoms. The van der Waals surface area contributed by atoms with Crippen LogP contribution in [0, 0.1) is 5.92 Å². The molecule has 0 aromatic heterocycles. The van der Waals surface area contributed by atoms with Gasteiger partial charge in [0.2, 0.25) is 0 Å². The highest BCUT2D eigenvalue weighted by molar-refractivity contribution is 4.78. The van der Waals surface area contributed by atoms with Crippen LogP contribution in [0.3, 0.4) is 0 Å². The molecule has 2 nitrogen and oxygen atoms in total. The van der Waals surface area contributed by atoms with Crippen LogP contribution in [0.15, 0.2) is 0 Å². The molecular weight excluding hydrogens is 172 g/mol. The lowest BCUT2D eigenvalue weighted by atomic mass is 9.92. The second-order valence-corrected chi connectivity index (χ2v) is 4.65. The second kappa shape index (κ2) is 6.41. The first kappa shape index (κ1) is 12.0. The Labute approximate surface area is 89.1 Å². The van der Waals surface area contributed by atoms with E-state index in [2.05, 4.69) is 31.0 Å². The monoisotopic (exact) mass is 198 g/mol. The molecule has 0 aromatic rings. The summed E-state index contributed by atoms with van der Waals surface area (Å²) in [5.41, 5.74) is 0. The van der Waals surface area contributed by atoms with Gasteiger partial charge in [-0.3, -0.25) is 4.90 Å². The zero-order valence-electron chi connectivity index (χ0n) is 10.1. The molecule has 0 bridgehead atoms. The van der Waals surface area contributed by atoms with Crippen molar-refractivity contribution in [3.8, 4) is 0 Å². The van der Waals surface area contributed by atoms with Crippen LogP contribution in [-0.2, 0) is 0 Å². The number of piperidine rings is 1. The van der Waals surface area contributed by atoms with Crippen molar-refractivity contribution in [3.63, 3.8) is 0 Å². The van der Waals surface area contributed by atoms with Crippen molar-refractivity contribution < 1.29 is 0 Å². The first-order valence-corrected chi connectivity index (χ1v) is 6.20. The summed E-state index contributed by atoms with van der Waals surface area (Å²) in [7, 11) is 0. The Morgan fingerprint density at radius 3 is 2.79 bits per heavy atom. The van der Waals surface area contributed by atoms with E-state index in [1.54, 1.807) is 0 Å². The summed E-state index contributed by atoms with van der Waals surface area (Å²) in [6.45, 7) is 11.8. The van der Waals surface area contributed by atoms with Gasteiger partial charge in [0, 0.05) is 19.1 Å². The first-order valence-electron chi connectivity index (χ1n) is 6.20. The topological polar surface area (TPSA) is 15.3 Å². The number of likely N-dealkylation sites (tertiary alicyclic amines) is 1. The van der Waals surface area contributed by atoms with Gasteiger partial charge < -0.3 is 5.32 Å². The first-order chi connectivity index (χ1) is 6.75. The third-order valence-electron chi connectivity index (χ3n) is 3.51. The lowest BCUT2D eigenvalue weighted by Gasteiger charge is -2.37. The average molecular weight is 198 g/mol. The smallest absolute Gasteiger partial charge is 0.0110 e. The van der Waals surface area contributed by atoms with Crippen molar-refractivity contribution in [2.24, 2.45) is 5.92 Å². The molecular formula is C12H26N2. The Bertz CT molecular complexity index is 147. The molecule has 2 unspecified atom stereocenters. The van der Waals surface area contributed by atoms with Crippen LogP contribution in [0.5, 0.6) is 0 Å². The highest BCUT2D eigenvalue weighted by Gasteiger charge is 2.23. The van der Waals surface area contributed by atoms with Crippen LogP contribution in [0.2, 0.25) is 0 Å². The second-order valence-electron chi connectivity index (χ2n) is 4.65. The molecule has 1 rings (SSSR count). The van der Waals surface area contributed by atoms with Crippen LogP contribution < -0.4 is 5.32 Å². The number of rotatable bonds is 5. The lowest BCUT2D eigenvalue weighted by Crippen LogP contribution is -2.45. The van der Waals surface area contributed by atoms with Gasteiger partial charge in [0.1, 0.15) is 0 Å². The fraction of sp³-hybridized carbons (Fsp3) is 1.00. The fourth-order valence-electron chi connectivity index (χ4n) is 2.26. The minimum absolute atomic E-state index is 0.784. The number of hydrogen-bond donors (Lipinski definition) is 1. The summed E-state index contributed by atoms with van der Waals surface area (Å²) < 4.78 is 0. The zero-order chi connectivity index (χ0) is 10.4. The van der Waals surface area contributed by atoms with Crippen LogP contribution in [0.1, 0.15) is 40.0 Å². The van der Waals surface area contributed by atoms with Gasteiger partial charge in [-0.15, -0.1) is 0 Å². The number of hydrogen-bond acceptors (Lipinski definition) is 2. The summed E-state index contributed by atoms with van der Waals surface area (Å²) in [6.07, 6.45) is 4.05. The Morgan fingerprint density at radius 1 is 1.29 bits per heavy atom. The maximum Gasteiger partial charge on any atom is 0.0110 e. The minimum Gasteiger partial charge on any atom is -0.315 e. The fourth-order valence-corrected chi connectivity index (χ4v) is 2.26. The maximum absolute atomic E-state index is 3.48. The van der Waals surface area contributed by atoms with Crippen molar-refractivity contribution >= 4 is 0 Å². The van der Waals surface area contributed by atoms with E-state index in [-0.39, 0.29) is 0 Å². The molecule has 0 aromatic carbocycles. The Kier molecular flexibility index (Phi) is 5.49. The van der Waals surface area contributed by atoms with E-state index >= 15 is 0 Å². The summed E-state index contributed by atoms with van der Waals surface area (Å²) in [5.74, 6) is 0.884. The van der Waals surface area contributed by atoms with Crippen LogP contribution in [0.25, 0.3) is 0 Å². The van der Waals surface area contributed by atoms with E-state index in [9.17, 15) is 0 Å². The predicted octanol–water partition coefficient (Wildman–Crippen LogP) is 2.11. The molecule has 0 aliphatic carbocycles. The predicted molar refractivity (Wildman–Crippen MR) is 62.6 cm³/mol. The molecule has 1 aliphatic heterocycles. The SMILES string of the molecule is CCCNCCN1CCCC(C)C1C. The molecule has 1 N–H and O–H groups in total.